The molecule has 0 aromatic heterocycles. The molecule has 6 heteroatoms. The summed E-state index contributed by atoms with van der Waals surface area (Å²) in [5, 5.41) is 0. The van der Waals surface area contributed by atoms with Crippen LogP contribution < -0.4 is 0 Å². The largest absolute Gasteiger partial charge is 0.462 e. The first-order valence-corrected chi connectivity index (χ1v) is 32.1. The monoisotopic (exact) mass is 1040 g/mol. The summed E-state index contributed by atoms with van der Waals surface area (Å²) in [6.45, 7) is 6.47. The summed E-state index contributed by atoms with van der Waals surface area (Å²) in [6, 6.07) is 0. The molecule has 0 aliphatic rings. The summed E-state index contributed by atoms with van der Waals surface area (Å²) in [4.78, 5) is 38.2. The Bertz CT molecular complexity index is 1430. The number of carbonyl (C=O) groups is 3. The average molecular weight is 1050 g/mol. The summed E-state index contributed by atoms with van der Waals surface area (Å²) in [6.07, 6.45) is 83.3. The van der Waals surface area contributed by atoms with Crippen LogP contribution in [0.4, 0.5) is 0 Å². The first-order chi connectivity index (χ1) is 37.0. The lowest BCUT2D eigenvalue weighted by atomic mass is 10.0. The van der Waals surface area contributed by atoms with Gasteiger partial charge in [0.1, 0.15) is 13.2 Å². The van der Waals surface area contributed by atoms with Gasteiger partial charge < -0.3 is 14.2 Å². The van der Waals surface area contributed by atoms with Gasteiger partial charge in [0, 0.05) is 12.8 Å². The zero-order chi connectivity index (χ0) is 54.3. The van der Waals surface area contributed by atoms with Crippen molar-refractivity contribution in [1.29, 1.82) is 0 Å². The Kier molecular flexibility index (Phi) is 60.3. The maximum absolute atomic E-state index is 12.9. The number of allylic oxidation sites excluding steroid dienone is 13. The standard InChI is InChI=1S/C69H120O6/c1-4-7-10-13-16-19-22-25-28-30-32-33-34-35-37-38-41-44-47-50-53-56-59-62-68(71)74-65-66(64-73-67(70)61-58-55-52-49-46-43-40-27-24-21-18-15-12-9-6-3)75-69(72)63-60-57-54-51-48-45-42-39-36-31-29-26-23-20-17-14-11-8-5-2/h9,12,18,21-22,25,27,30,32,40,46,49,55,58,66H,4-8,10-11,13-17,19-20,23-24,26,28-29,31,33-39,41-45,47-48,50-54,56-57,59-65H2,1-3H3/b12-9-,21-18-,25-22-,32-30-,40-27-,49-46-,58-55-. The third-order valence-electron chi connectivity index (χ3n) is 13.9. The highest BCUT2D eigenvalue weighted by Gasteiger charge is 2.19. The predicted octanol–water partition coefficient (Wildman–Crippen LogP) is 21.9. The van der Waals surface area contributed by atoms with E-state index in [1.54, 1.807) is 6.08 Å². The molecule has 0 aliphatic heterocycles. The minimum Gasteiger partial charge on any atom is -0.462 e. The molecule has 0 rings (SSSR count). The lowest BCUT2D eigenvalue weighted by Crippen LogP contribution is -2.30. The number of unbranched alkanes of at least 4 members (excludes halogenated alkanes) is 34. The average Bonchev–Trinajstić information content (AvgIpc) is 3.41. The van der Waals surface area contributed by atoms with Crippen LogP contribution >= 0.6 is 0 Å². The Labute approximate surface area is 465 Å². The maximum Gasteiger partial charge on any atom is 0.309 e. The van der Waals surface area contributed by atoms with E-state index < -0.39 is 12.1 Å². The maximum atomic E-state index is 12.9. The Hall–Kier alpha value is -3.41. The van der Waals surface area contributed by atoms with Gasteiger partial charge in [-0.25, -0.2) is 0 Å². The zero-order valence-electron chi connectivity index (χ0n) is 49.6. The number of esters is 3. The molecule has 0 aliphatic carbocycles. The molecule has 0 aromatic rings. The molecule has 0 amide bonds. The number of rotatable bonds is 58. The van der Waals surface area contributed by atoms with E-state index in [1.807, 2.05) is 6.08 Å². The normalized spacial score (nSPS) is 12.6. The Balaban J connectivity index is 4.40. The second-order valence-electron chi connectivity index (χ2n) is 21.3. The van der Waals surface area contributed by atoms with Gasteiger partial charge in [-0.05, 0) is 77.0 Å². The highest BCUT2D eigenvalue weighted by atomic mass is 16.6. The van der Waals surface area contributed by atoms with Gasteiger partial charge in [-0.15, -0.1) is 0 Å². The fourth-order valence-corrected chi connectivity index (χ4v) is 9.14. The first-order valence-electron chi connectivity index (χ1n) is 32.1. The molecule has 0 spiro atoms. The molecule has 0 bridgehead atoms. The van der Waals surface area contributed by atoms with Crippen LogP contribution in [0.2, 0.25) is 0 Å². The SMILES string of the molecule is CC/C=C\C/C=C\C/C=C\C/C=C\C/C=C\CC(=O)OCC(COC(=O)CCCCCCCCCCCCC/C=C\C/C=C\CCCCCCC)OC(=O)CCCCCCCCCCCCCCCCCCCCC. The van der Waals surface area contributed by atoms with Crippen LogP contribution in [0.3, 0.4) is 0 Å². The molecule has 75 heavy (non-hydrogen) atoms. The van der Waals surface area contributed by atoms with E-state index in [1.165, 1.54) is 199 Å². The second kappa shape index (κ2) is 63.1. The lowest BCUT2D eigenvalue weighted by Gasteiger charge is -2.18. The third-order valence-corrected chi connectivity index (χ3v) is 13.9. The molecule has 1 unspecified atom stereocenters. The minimum atomic E-state index is -0.817. The smallest absolute Gasteiger partial charge is 0.309 e. The van der Waals surface area contributed by atoms with Crippen LogP contribution in [0.5, 0.6) is 0 Å². The van der Waals surface area contributed by atoms with Gasteiger partial charge in [0.25, 0.3) is 0 Å². The van der Waals surface area contributed by atoms with Crippen LogP contribution in [0.1, 0.15) is 316 Å². The molecular weight excluding hydrogens is 925 g/mol. The summed E-state index contributed by atoms with van der Waals surface area (Å²) >= 11 is 0. The molecule has 432 valence electrons. The Morgan fingerprint density at radius 1 is 0.293 bits per heavy atom. The molecule has 0 saturated carbocycles. The number of hydrogen-bond donors (Lipinski definition) is 0. The van der Waals surface area contributed by atoms with E-state index in [4.69, 9.17) is 14.2 Å². The van der Waals surface area contributed by atoms with Crippen LogP contribution in [0, 0.1) is 0 Å². The summed E-state index contributed by atoms with van der Waals surface area (Å²) in [5.74, 6) is -1.03. The van der Waals surface area contributed by atoms with Gasteiger partial charge in [-0.3, -0.25) is 14.4 Å². The van der Waals surface area contributed by atoms with E-state index >= 15 is 0 Å². The van der Waals surface area contributed by atoms with E-state index in [2.05, 4.69) is 93.7 Å². The fraction of sp³-hybridized carbons (Fsp3) is 0.754. The van der Waals surface area contributed by atoms with Crippen molar-refractivity contribution >= 4 is 17.9 Å². The van der Waals surface area contributed by atoms with E-state index in [-0.39, 0.29) is 31.6 Å². The topological polar surface area (TPSA) is 78.9 Å². The summed E-state index contributed by atoms with van der Waals surface area (Å²) < 4.78 is 16.8. The Morgan fingerprint density at radius 2 is 0.573 bits per heavy atom. The molecule has 0 fully saturated rings. The quantitative estimate of drug-likeness (QED) is 0.0261. The highest BCUT2D eigenvalue weighted by molar-refractivity contribution is 5.72. The van der Waals surface area contributed by atoms with Crippen molar-refractivity contribution in [3.05, 3.63) is 85.1 Å². The highest BCUT2D eigenvalue weighted by Crippen LogP contribution is 2.17. The van der Waals surface area contributed by atoms with Crippen molar-refractivity contribution in [3.8, 4) is 0 Å². The summed E-state index contributed by atoms with van der Waals surface area (Å²) in [7, 11) is 0. The molecule has 0 radical (unpaired) electrons. The third kappa shape index (κ3) is 61.3. The van der Waals surface area contributed by atoms with Crippen molar-refractivity contribution in [2.24, 2.45) is 0 Å². The number of ether oxygens (including phenoxy) is 3. The van der Waals surface area contributed by atoms with Crippen LogP contribution in [0.15, 0.2) is 85.1 Å². The second-order valence-corrected chi connectivity index (χ2v) is 21.3. The predicted molar refractivity (Wildman–Crippen MR) is 325 cm³/mol. The van der Waals surface area contributed by atoms with Crippen molar-refractivity contribution in [3.63, 3.8) is 0 Å². The van der Waals surface area contributed by atoms with Crippen molar-refractivity contribution in [1.82, 2.24) is 0 Å². The molecular formula is C69H120O6. The van der Waals surface area contributed by atoms with Gasteiger partial charge in [0.15, 0.2) is 6.10 Å². The zero-order valence-corrected chi connectivity index (χ0v) is 49.6. The van der Waals surface area contributed by atoms with Crippen molar-refractivity contribution in [2.75, 3.05) is 13.2 Å². The molecule has 1 atom stereocenters. The summed E-state index contributed by atoms with van der Waals surface area (Å²) in [5.41, 5.74) is 0. The van der Waals surface area contributed by atoms with Crippen LogP contribution in [0.25, 0.3) is 0 Å². The fourth-order valence-electron chi connectivity index (χ4n) is 9.14. The lowest BCUT2D eigenvalue weighted by molar-refractivity contribution is -0.166. The van der Waals surface area contributed by atoms with E-state index in [0.29, 0.717) is 12.8 Å². The molecule has 0 N–H and O–H groups in total. The molecule has 0 heterocycles. The first kappa shape index (κ1) is 71.6. The van der Waals surface area contributed by atoms with E-state index in [9.17, 15) is 14.4 Å². The van der Waals surface area contributed by atoms with Crippen molar-refractivity contribution in [2.45, 2.75) is 322 Å². The molecule has 0 saturated heterocycles. The van der Waals surface area contributed by atoms with Gasteiger partial charge in [-0.1, -0.05) is 305 Å². The van der Waals surface area contributed by atoms with Gasteiger partial charge in [0.05, 0.1) is 6.42 Å². The van der Waals surface area contributed by atoms with Crippen molar-refractivity contribution < 1.29 is 28.6 Å². The minimum absolute atomic E-state index is 0.105. The number of hydrogen-bond acceptors (Lipinski definition) is 6. The molecule has 0 aromatic carbocycles. The van der Waals surface area contributed by atoms with Crippen LogP contribution in [-0.2, 0) is 28.6 Å². The van der Waals surface area contributed by atoms with E-state index in [0.717, 1.165) is 77.0 Å². The van der Waals surface area contributed by atoms with Gasteiger partial charge in [0.2, 0.25) is 0 Å². The van der Waals surface area contributed by atoms with Crippen LogP contribution in [-0.4, -0.2) is 37.2 Å². The van der Waals surface area contributed by atoms with Gasteiger partial charge in [-0.2, -0.15) is 0 Å². The Morgan fingerprint density at radius 3 is 0.933 bits per heavy atom. The van der Waals surface area contributed by atoms with Gasteiger partial charge >= 0.3 is 17.9 Å². The number of carbonyl (C=O) groups excluding carboxylic acids is 3. The molecule has 6 nitrogen and oxygen atoms in total.